The highest BCUT2D eigenvalue weighted by molar-refractivity contribution is 7.17. The molecule has 10 heteroatoms. The van der Waals surface area contributed by atoms with Crippen LogP contribution in [-0.2, 0) is 19.7 Å². The summed E-state index contributed by atoms with van der Waals surface area (Å²) in [5.74, 6) is -1.65. The van der Waals surface area contributed by atoms with Crippen molar-refractivity contribution in [3.8, 4) is 11.5 Å². The highest BCUT2D eigenvalue weighted by atomic mass is 32.1. The van der Waals surface area contributed by atoms with Crippen molar-refractivity contribution in [1.82, 2.24) is 4.98 Å². The lowest BCUT2D eigenvalue weighted by Crippen LogP contribution is -2.29. The summed E-state index contributed by atoms with van der Waals surface area (Å²) in [6.45, 7) is 10.6. The quantitative estimate of drug-likeness (QED) is 0.192. The van der Waals surface area contributed by atoms with Crippen molar-refractivity contribution in [2.45, 2.75) is 46.1 Å². The minimum absolute atomic E-state index is 0.0873. The van der Waals surface area contributed by atoms with Gasteiger partial charge in [0.25, 0.3) is 5.78 Å². The summed E-state index contributed by atoms with van der Waals surface area (Å²) < 4.78 is 16.4. The Bertz CT molecular complexity index is 1530. The first-order valence-electron chi connectivity index (χ1n) is 13.0. The molecule has 1 saturated heterocycles. The smallest absolute Gasteiger partial charge is 0.350 e. The number of anilines is 1. The van der Waals surface area contributed by atoms with E-state index >= 15 is 0 Å². The molecule has 9 nitrogen and oxygen atoms in total. The lowest BCUT2D eigenvalue weighted by atomic mass is 9.85. The third kappa shape index (κ3) is 4.83. The summed E-state index contributed by atoms with van der Waals surface area (Å²) in [5, 5.41) is 11.7. The zero-order valence-corrected chi connectivity index (χ0v) is 23.8. The van der Waals surface area contributed by atoms with E-state index in [2.05, 4.69) is 25.8 Å². The second-order valence-electron chi connectivity index (χ2n) is 10.5. The van der Waals surface area contributed by atoms with Gasteiger partial charge in [0.1, 0.15) is 23.9 Å². The molecule has 2 aromatic carbocycles. The lowest BCUT2D eigenvalue weighted by Gasteiger charge is -2.25. The van der Waals surface area contributed by atoms with Crippen LogP contribution < -0.4 is 14.4 Å². The Morgan fingerprint density at radius 1 is 1.10 bits per heavy atom. The number of aromatic nitrogens is 1. The molecule has 40 heavy (non-hydrogen) atoms. The number of ketones is 1. The predicted molar refractivity (Wildman–Crippen MR) is 150 cm³/mol. The number of aryl methyl sites for hydroxylation is 1. The van der Waals surface area contributed by atoms with Gasteiger partial charge in [-0.3, -0.25) is 14.5 Å². The average Bonchev–Trinajstić information content (AvgIpc) is 3.44. The normalized spacial score (nSPS) is 18.2. The van der Waals surface area contributed by atoms with Crippen molar-refractivity contribution < 1.29 is 33.7 Å². The molecule has 0 saturated carbocycles. The number of hydrogen-bond donors (Lipinski definition) is 1. The molecule has 208 valence electrons. The standard InChI is InChI=1S/C30H30N2O7S/c1-6-37-28(36)26-16(2)31-29(40-26)32-23(17-7-10-19(11-8-17)30(3,4)5)22(25(34)27(32)35)24(33)18-9-12-20-21(15-18)39-14-13-38-20/h7-12,15,23,33H,6,13-14H2,1-5H3. The minimum Gasteiger partial charge on any atom is -0.507 e. The first-order chi connectivity index (χ1) is 19.0. The maximum Gasteiger partial charge on any atom is 0.350 e. The number of hydrogen-bond acceptors (Lipinski definition) is 9. The molecule has 1 fully saturated rings. The van der Waals surface area contributed by atoms with E-state index in [4.69, 9.17) is 14.2 Å². The molecule has 1 N–H and O–H groups in total. The van der Waals surface area contributed by atoms with Gasteiger partial charge in [0, 0.05) is 5.56 Å². The van der Waals surface area contributed by atoms with E-state index in [0.29, 0.717) is 41.5 Å². The Balaban J connectivity index is 1.67. The fraction of sp³-hybridized carbons (Fsp3) is 0.333. The van der Waals surface area contributed by atoms with E-state index in [9.17, 15) is 19.5 Å². The van der Waals surface area contributed by atoms with Gasteiger partial charge in [-0.15, -0.1) is 0 Å². The molecule has 5 rings (SSSR count). The Morgan fingerprint density at radius 2 is 1.77 bits per heavy atom. The lowest BCUT2D eigenvalue weighted by molar-refractivity contribution is -0.132. The molecule has 0 bridgehead atoms. The topological polar surface area (TPSA) is 115 Å². The molecule has 0 spiro atoms. The number of Topliss-reactive ketones (excluding diaryl/α,β-unsaturated/α-hetero) is 1. The van der Waals surface area contributed by atoms with E-state index in [1.165, 1.54) is 4.90 Å². The van der Waals surface area contributed by atoms with Crippen molar-refractivity contribution in [3.05, 3.63) is 75.3 Å². The second-order valence-corrected chi connectivity index (χ2v) is 11.5. The van der Waals surface area contributed by atoms with Gasteiger partial charge in [-0.25, -0.2) is 9.78 Å². The van der Waals surface area contributed by atoms with Crippen LogP contribution >= 0.6 is 11.3 Å². The molecule has 3 aromatic rings. The van der Waals surface area contributed by atoms with Crippen molar-refractivity contribution in [2.24, 2.45) is 0 Å². The molecule has 2 aliphatic rings. The molecule has 1 unspecified atom stereocenters. The van der Waals surface area contributed by atoms with Crippen LogP contribution in [-0.4, -0.2) is 47.6 Å². The first-order valence-corrected chi connectivity index (χ1v) is 13.8. The minimum atomic E-state index is -0.984. The average molecular weight is 563 g/mol. The van der Waals surface area contributed by atoms with Gasteiger partial charge < -0.3 is 19.3 Å². The Hall–Kier alpha value is -4.18. The number of esters is 1. The number of fused-ring (bicyclic) bond motifs is 1. The van der Waals surface area contributed by atoms with Gasteiger partial charge in [0.05, 0.1) is 23.9 Å². The summed E-state index contributed by atoms with van der Waals surface area (Å²) in [4.78, 5) is 45.6. The number of amides is 1. The number of ether oxygens (including phenoxy) is 3. The zero-order valence-electron chi connectivity index (χ0n) is 22.9. The van der Waals surface area contributed by atoms with Gasteiger partial charge in [0.15, 0.2) is 16.6 Å². The molecular weight excluding hydrogens is 532 g/mol. The largest absolute Gasteiger partial charge is 0.507 e. The van der Waals surface area contributed by atoms with Crippen molar-refractivity contribution in [1.29, 1.82) is 0 Å². The van der Waals surface area contributed by atoms with Crippen LogP contribution in [0.2, 0.25) is 0 Å². The van der Waals surface area contributed by atoms with Crippen LogP contribution in [0.25, 0.3) is 5.76 Å². The van der Waals surface area contributed by atoms with Crippen LogP contribution in [0.1, 0.15) is 65.8 Å². The molecule has 1 aromatic heterocycles. The van der Waals surface area contributed by atoms with Gasteiger partial charge >= 0.3 is 11.9 Å². The summed E-state index contributed by atoms with van der Waals surface area (Å²) in [6, 6.07) is 11.4. The highest BCUT2D eigenvalue weighted by Crippen LogP contribution is 2.45. The van der Waals surface area contributed by atoms with Gasteiger partial charge in [-0.05, 0) is 48.6 Å². The number of thiazole rings is 1. The molecule has 1 amide bonds. The van der Waals surface area contributed by atoms with Crippen LogP contribution in [0.3, 0.4) is 0 Å². The number of carbonyl (C=O) groups is 3. The SMILES string of the molecule is CCOC(=O)c1sc(N2C(=O)C(=O)C(=C(O)c3ccc4c(c3)OCCO4)C2c2ccc(C(C)(C)C)cc2)nc1C. The van der Waals surface area contributed by atoms with Crippen LogP contribution in [0.15, 0.2) is 48.0 Å². The molecule has 0 aliphatic carbocycles. The second kappa shape index (κ2) is 10.4. The molecule has 0 radical (unpaired) electrons. The van der Waals surface area contributed by atoms with E-state index in [-0.39, 0.29) is 33.4 Å². The predicted octanol–water partition coefficient (Wildman–Crippen LogP) is 5.32. The van der Waals surface area contributed by atoms with E-state index in [1.807, 2.05) is 24.3 Å². The highest BCUT2D eigenvalue weighted by Gasteiger charge is 2.48. The summed E-state index contributed by atoms with van der Waals surface area (Å²) in [6.07, 6.45) is 0. The maximum atomic E-state index is 13.6. The van der Waals surface area contributed by atoms with Gasteiger partial charge in [-0.1, -0.05) is 56.4 Å². The first kappa shape index (κ1) is 27.4. The number of rotatable bonds is 5. The monoisotopic (exact) mass is 562 g/mol. The Morgan fingerprint density at radius 3 is 2.42 bits per heavy atom. The summed E-state index contributed by atoms with van der Waals surface area (Å²) in [7, 11) is 0. The van der Waals surface area contributed by atoms with Gasteiger partial charge in [-0.2, -0.15) is 0 Å². The Labute approximate surface area is 236 Å². The van der Waals surface area contributed by atoms with E-state index < -0.39 is 23.7 Å². The number of aliphatic hydroxyl groups excluding tert-OH is 1. The third-order valence-corrected chi connectivity index (χ3v) is 7.94. The Kier molecular flexibility index (Phi) is 7.14. The number of aliphatic hydroxyl groups is 1. The van der Waals surface area contributed by atoms with Crippen molar-refractivity contribution >= 4 is 39.9 Å². The van der Waals surface area contributed by atoms with Crippen molar-refractivity contribution in [2.75, 3.05) is 24.7 Å². The van der Waals surface area contributed by atoms with Crippen molar-refractivity contribution in [3.63, 3.8) is 0 Å². The number of nitrogens with zero attached hydrogens (tertiary/aromatic N) is 2. The van der Waals surface area contributed by atoms with Gasteiger partial charge in [0.2, 0.25) is 0 Å². The maximum absolute atomic E-state index is 13.6. The van der Waals surface area contributed by atoms with Crippen LogP contribution in [0.4, 0.5) is 5.13 Å². The van der Waals surface area contributed by atoms with Crippen LogP contribution in [0, 0.1) is 6.92 Å². The van der Waals surface area contributed by atoms with Crippen LogP contribution in [0.5, 0.6) is 11.5 Å². The summed E-state index contributed by atoms with van der Waals surface area (Å²) in [5.41, 5.74) is 2.16. The van der Waals surface area contributed by atoms with E-state index in [0.717, 1.165) is 16.9 Å². The van der Waals surface area contributed by atoms with E-state index in [1.54, 1.807) is 32.0 Å². The fourth-order valence-corrected chi connectivity index (χ4v) is 5.72. The number of carbonyl (C=O) groups excluding carboxylic acids is 3. The summed E-state index contributed by atoms with van der Waals surface area (Å²) >= 11 is 0.971. The molecule has 3 heterocycles. The third-order valence-electron chi connectivity index (χ3n) is 6.80. The molecular formula is C30H30N2O7S. The molecule has 2 aliphatic heterocycles. The molecule has 1 atom stereocenters. The zero-order chi connectivity index (χ0) is 28.8. The fourth-order valence-electron chi connectivity index (χ4n) is 4.73. The number of benzene rings is 2.